The third-order valence-electron chi connectivity index (χ3n) is 9.32. The van der Waals surface area contributed by atoms with Crippen molar-refractivity contribution >= 4 is 76.1 Å². The third kappa shape index (κ3) is 8.86. The van der Waals surface area contributed by atoms with Crippen LogP contribution in [0.3, 0.4) is 0 Å². The largest absolute Gasteiger partial charge is 1.00 e. The van der Waals surface area contributed by atoms with E-state index >= 15 is 0 Å². The van der Waals surface area contributed by atoms with Crippen LogP contribution in [0.15, 0.2) is 100 Å². The summed E-state index contributed by atoms with van der Waals surface area (Å²) in [6.07, 6.45) is 8.60. The van der Waals surface area contributed by atoms with Crippen molar-refractivity contribution in [2.75, 3.05) is 0 Å². The van der Waals surface area contributed by atoms with Crippen molar-refractivity contribution in [2.24, 2.45) is 0 Å². The predicted octanol–water partition coefficient (Wildman–Crippen LogP) is 6.87. The molecule has 4 aromatic rings. The van der Waals surface area contributed by atoms with Crippen LogP contribution in [0.4, 0.5) is 0 Å². The standard InChI is InChI=1S/C21H25.C15H8Cl6.C5H5.2ClH.Zr/c1-20(2,3)16-9-7-14-11-15-8-10-17(21(4,5)6)13-19(15)18(14)12-16;16-14(17,18)12-5-1-3-10(8-12)7-11-4-2-6-13(9-11)15(19,20)21;1-2-4-5-3-1;;;/h7,9-10,12-13H,11H2,1-6H3;1-6,8-9H;1-3H,4H2;2*1H;/q;;;;;+2/p-2. The van der Waals surface area contributed by atoms with E-state index in [2.05, 4.69) is 102 Å². The van der Waals surface area contributed by atoms with E-state index in [4.69, 9.17) is 69.6 Å². The van der Waals surface area contributed by atoms with Gasteiger partial charge in [0.2, 0.25) is 0 Å². The van der Waals surface area contributed by atoms with Crippen LogP contribution < -0.4 is 28.1 Å². The minimum atomic E-state index is -3.10. The molecule has 0 saturated heterocycles. The smallest absolute Gasteiger partial charge is 1.00 e. The second-order valence-corrected chi connectivity index (χ2v) is 25.4. The molecule has 0 bridgehead atoms. The van der Waals surface area contributed by atoms with Crippen molar-refractivity contribution in [2.45, 2.75) is 72.8 Å². The first-order chi connectivity index (χ1) is 22.3. The fourth-order valence-electron chi connectivity index (χ4n) is 6.66. The van der Waals surface area contributed by atoms with Gasteiger partial charge in [-0.3, -0.25) is 0 Å². The second kappa shape index (κ2) is 15.7. The molecule has 0 radical (unpaired) electrons. The Hall–Kier alpha value is -0.567. The van der Waals surface area contributed by atoms with E-state index in [1.807, 2.05) is 36.4 Å². The predicted molar refractivity (Wildman–Crippen MR) is 208 cm³/mol. The normalized spacial score (nSPS) is 13.8. The number of alkyl halides is 6. The molecule has 0 heterocycles. The number of hydrogen-bond acceptors (Lipinski definition) is 0. The zero-order chi connectivity index (χ0) is 34.8. The summed E-state index contributed by atoms with van der Waals surface area (Å²) in [5.41, 5.74) is 11.5. The summed E-state index contributed by atoms with van der Waals surface area (Å²) in [5.74, 6) is 0. The van der Waals surface area contributed by atoms with Gasteiger partial charge in [-0.2, -0.15) is 0 Å². The Morgan fingerprint density at radius 1 is 0.600 bits per heavy atom. The van der Waals surface area contributed by atoms with E-state index in [-0.39, 0.29) is 35.6 Å². The van der Waals surface area contributed by atoms with Gasteiger partial charge in [0.1, 0.15) is 0 Å². The minimum absolute atomic E-state index is 0. The molecule has 0 atom stereocenters. The van der Waals surface area contributed by atoms with Crippen LogP contribution in [0.2, 0.25) is 0 Å². The molecule has 0 fully saturated rings. The number of fused-ring (bicyclic) bond motifs is 3. The summed E-state index contributed by atoms with van der Waals surface area (Å²) in [5, 5.41) is 0. The van der Waals surface area contributed by atoms with Crippen LogP contribution in [-0.2, 0) is 46.1 Å². The summed E-state index contributed by atoms with van der Waals surface area (Å²) in [6, 6.07) is 28.1. The van der Waals surface area contributed by atoms with Gasteiger partial charge in [0.05, 0.1) is 0 Å². The van der Waals surface area contributed by atoms with Crippen molar-refractivity contribution in [1.29, 1.82) is 0 Å². The Balaban J connectivity index is 0.00000281. The summed E-state index contributed by atoms with van der Waals surface area (Å²) in [7, 11) is 0. The molecule has 2 aliphatic carbocycles. The maximum absolute atomic E-state index is 6.50. The van der Waals surface area contributed by atoms with Gasteiger partial charge in [-0.05, 0) is 0 Å². The molecule has 0 spiro atoms. The van der Waals surface area contributed by atoms with E-state index < -0.39 is 28.9 Å². The number of allylic oxidation sites excluding steroid dienone is 4. The molecule has 262 valence electrons. The maximum atomic E-state index is 6.50. The first-order valence-electron chi connectivity index (χ1n) is 16.1. The van der Waals surface area contributed by atoms with Gasteiger partial charge >= 0.3 is 326 Å². The average Bonchev–Trinajstić information content (AvgIpc) is 3.66. The average molecular weight is 906 g/mol. The number of hydrogen-bond donors (Lipinski definition) is 0. The summed E-state index contributed by atoms with van der Waals surface area (Å²) >= 11 is 35.9. The van der Waals surface area contributed by atoms with E-state index in [0.29, 0.717) is 11.1 Å². The zero-order valence-corrected chi connectivity index (χ0v) is 37.2. The van der Waals surface area contributed by atoms with Gasteiger partial charge in [-0.25, -0.2) is 0 Å². The minimum Gasteiger partial charge on any atom is -1.00 e. The molecule has 0 unspecified atom stereocenters. The second-order valence-electron chi connectivity index (χ2n) is 14.8. The van der Waals surface area contributed by atoms with Crippen molar-refractivity contribution < 1.29 is 46.1 Å². The Bertz CT molecular complexity index is 1950. The molecule has 0 saturated carbocycles. The van der Waals surface area contributed by atoms with Gasteiger partial charge in [0.25, 0.3) is 0 Å². The molecular weight excluding hydrogens is 867 g/mol. The Labute approximate surface area is 347 Å². The monoisotopic (exact) mass is 900 g/mol. The van der Waals surface area contributed by atoms with Crippen LogP contribution in [0.5, 0.6) is 0 Å². The number of benzene rings is 4. The quantitative estimate of drug-likeness (QED) is 0.173. The van der Waals surface area contributed by atoms with Gasteiger partial charge in [-0.15, -0.1) is 0 Å². The maximum Gasteiger partial charge on any atom is -1.00 e. The van der Waals surface area contributed by atoms with Crippen LogP contribution in [-0.4, -0.2) is 3.21 Å². The van der Waals surface area contributed by atoms with Gasteiger partial charge in [-0.1, -0.05) is 0 Å². The number of halogens is 8. The van der Waals surface area contributed by atoms with Crippen molar-refractivity contribution in [3.8, 4) is 11.1 Å². The SMILES string of the molecule is CC(C)(C)c1ccc2c(c1)-c1cc(C(C)(C)C)c[c]([Zr+2]([C]3=CC=CC3)=[C](c3cccc(C(Cl)(Cl)Cl)c3)c3cccc(C(Cl)(Cl)Cl)c3)c1C2.[Cl-].[Cl-]. The Morgan fingerprint density at radius 3 is 1.62 bits per heavy atom. The van der Waals surface area contributed by atoms with E-state index in [9.17, 15) is 0 Å². The van der Waals surface area contributed by atoms with Gasteiger partial charge < -0.3 is 24.8 Å². The fraction of sp³-hybridized carbons (Fsp3) is 0.293. The molecule has 0 N–H and O–H groups in total. The molecule has 2 aliphatic rings. The molecular formula is C41H38Cl8Zr. The third-order valence-corrected chi connectivity index (χ3v) is 18.2. The molecule has 0 aromatic heterocycles. The van der Waals surface area contributed by atoms with Crippen molar-refractivity contribution in [3.05, 3.63) is 145 Å². The fourth-order valence-corrected chi connectivity index (χ4v) is 15.3. The Morgan fingerprint density at radius 2 is 1.14 bits per heavy atom. The Kier molecular flexibility index (Phi) is 13.2. The van der Waals surface area contributed by atoms with E-state index in [0.717, 1.165) is 24.0 Å². The summed E-state index contributed by atoms with van der Waals surface area (Å²) in [4.78, 5) is 0. The van der Waals surface area contributed by atoms with Crippen molar-refractivity contribution in [3.63, 3.8) is 0 Å². The van der Waals surface area contributed by atoms with Gasteiger partial charge in [0.15, 0.2) is 0 Å². The molecule has 6 rings (SSSR count). The molecule has 0 nitrogen and oxygen atoms in total. The van der Waals surface area contributed by atoms with E-state index in [1.54, 1.807) is 0 Å². The van der Waals surface area contributed by atoms with Crippen LogP contribution in [0, 0.1) is 0 Å². The topological polar surface area (TPSA) is 0 Å². The van der Waals surface area contributed by atoms with Crippen LogP contribution in [0.1, 0.15) is 92.5 Å². The molecule has 4 aromatic carbocycles. The zero-order valence-electron chi connectivity index (χ0n) is 28.7. The van der Waals surface area contributed by atoms with Crippen LogP contribution in [0.25, 0.3) is 11.1 Å². The molecule has 50 heavy (non-hydrogen) atoms. The van der Waals surface area contributed by atoms with Crippen molar-refractivity contribution in [1.82, 2.24) is 0 Å². The molecule has 9 heteroatoms. The van der Waals surface area contributed by atoms with Crippen LogP contribution >= 0.6 is 69.6 Å². The first kappa shape index (κ1) is 42.2. The number of rotatable bonds is 4. The summed E-state index contributed by atoms with van der Waals surface area (Å²) in [6.45, 7) is 13.8. The first-order valence-corrected chi connectivity index (χ1v) is 22.0. The molecule has 0 aliphatic heterocycles. The van der Waals surface area contributed by atoms with Gasteiger partial charge in [0, 0.05) is 0 Å². The summed E-state index contributed by atoms with van der Waals surface area (Å²) < 4.78 is 1.07. The molecule has 0 amide bonds. The van der Waals surface area contributed by atoms with E-state index in [1.165, 1.54) is 43.1 Å².